The van der Waals surface area contributed by atoms with Gasteiger partial charge >= 0.3 is 5.97 Å². The van der Waals surface area contributed by atoms with E-state index in [-0.39, 0.29) is 37.6 Å². The van der Waals surface area contributed by atoms with Crippen LogP contribution in [0.3, 0.4) is 0 Å². The number of carbonyl (C=O) groups is 6. The SMILES string of the molecule is CC(C)[C@H](NC(=O)[C@@H](N)Cc1ccc(O)cc1)C(=O)N1CCC[C@@H]1C(=O)NCC(=O)N[C@@H](Cc1ccccc1)C(=O)N1CCC[C@@H]1C(=O)O. The van der Waals surface area contributed by atoms with Gasteiger partial charge < -0.3 is 41.7 Å². The zero-order valence-electron chi connectivity index (χ0n) is 27.8. The highest BCUT2D eigenvalue weighted by Gasteiger charge is 2.40. The van der Waals surface area contributed by atoms with Gasteiger partial charge in [-0.2, -0.15) is 0 Å². The van der Waals surface area contributed by atoms with Crippen LogP contribution in [0.15, 0.2) is 54.6 Å². The molecule has 0 unspecified atom stereocenters. The van der Waals surface area contributed by atoms with E-state index >= 15 is 0 Å². The Morgan fingerprint density at radius 2 is 1.41 bits per heavy atom. The Bertz CT molecular complexity index is 1500. The van der Waals surface area contributed by atoms with Crippen LogP contribution in [0.5, 0.6) is 5.75 Å². The maximum Gasteiger partial charge on any atom is 0.326 e. The standard InChI is InChI=1S/C35H46N6O8/c1-21(2)30(39-31(44)25(36)18-23-12-14-24(42)15-13-23)34(47)40-16-6-10-27(40)32(45)37-20-29(43)38-26(19-22-8-4-3-5-9-22)33(46)41-17-7-11-28(41)35(48)49/h3-5,8-9,12-15,21,25-28,30,42H,6-7,10-11,16-20,36H2,1-2H3,(H,37,45)(H,38,43)(H,39,44)(H,48,49)/t25-,26-,27+,28+,30-/m0/s1. The molecule has 49 heavy (non-hydrogen) atoms. The number of aliphatic carboxylic acids is 1. The first kappa shape index (κ1) is 36.8. The number of amides is 5. The first-order valence-electron chi connectivity index (χ1n) is 16.6. The lowest BCUT2D eigenvalue weighted by Crippen LogP contribution is -2.58. The second-order valence-electron chi connectivity index (χ2n) is 13.0. The Balaban J connectivity index is 1.36. The number of rotatable bonds is 14. The molecule has 7 N–H and O–H groups in total. The van der Waals surface area contributed by atoms with Gasteiger partial charge in [0.1, 0.15) is 29.9 Å². The van der Waals surface area contributed by atoms with E-state index in [1.807, 2.05) is 6.07 Å². The minimum atomic E-state index is -1.10. The maximum absolute atomic E-state index is 13.7. The Hall–Kier alpha value is -4.98. The van der Waals surface area contributed by atoms with E-state index in [1.165, 1.54) is 21.9 Å². The minimum Gasteiger partial charge on any atom is -0.508 e. The summed E-state index contributed by atoms with van der Waals surface area (Å²) in [5.74, 6) is -3.99. The van der Waals surface area contributed by atoms with Crippen LogP contribution in [0.2, 0.25) is 0 Å². The molecule has 0 radical (unpaired) electrons. The Morgan fingerprint density at radius 3 is 2.02 bits per heavy atom. The fraction of sp³-hybridized carbons (Fsp3) is 0.486. The summed E-state index contributed by atoms with van der Waals surface area (Å²) < 4.78 is 0. The van der Waals surface area contributed by atoms with Gasteiger partial charge in [-0.15, -0.1) is 0 Å². The number of benzene rings is 2. The number of phenolic OH excluding ortho intramolecular Hbond substituents is 1. The molecule has 2 aliphatic rings. The second-order valence-corrected chi connectivity index (χ2v) is 13.0. The average molecular weight is 679 g/mol. The van der Waals surface area contributed by atoms with Gasteiger partial charge in [0.05, 0.1) is 12.6 Å². The monoisotopic (exact) mass is 678 g/mol. The van der Waals surface area contributed by atoms with Crippen molar-refractivity contribution in [3.63, 3.8) is 0 Å². The molecule has 5 amide bonds. The van der Waals surface area contributed by atoms with Crippen LogP contribution in [0.1, 0.15) is 50.7 Å². The number of phenols is 1. The van der Waals surface area contributed by atoms with Crippen molar-refractivity contribution in [2.45, 2.75) is 82.6 Å². The summed E-state index contributed by atoms with van der Waals surface area (Å²) in [7, 11) is 0. The van der Waals surface area contributed by atoms with Gasteiger partial charge in [-0.3, -0.25) is 24.0 Å². The van der Waals surface area contributed by atoms with Crippen molar-refractivity contribution in [2.24, 2.45) is 11.7 Å². The maximum atomic E-state index is 13.7. The Morgan fingerprint density at radius 1 is 0.816 bits per heavy atom. The third kappa shape index (κ3) is 9.78. The molecule has 0 aliphatic carbocycles. The number of nitrogens with one attached hydrogen (secondary N) is 3. The molecule has 0 aromatic heterocycles. The molecule has 2 fully saturated rings. The zero-order valence-corrected chi connectivity index (χ0v) is 27.8. The normalized spacial score (nSPS) is 19.2. The Labute approximate surface area is 285 Å². The van der Waals surface area contributed by atoms with Crippen molar-refractivity contribution in [1.29, 1.82) is 0 Å². The predicted molar refractivity (Wildman–Crippen MR) is 179 cm³/mol. The van der Waals surface area contributed by atoms with Crippen LogP contribution in [0, 0.1) is 5.92 Å². The van der Waals surface area contributed by atoms with Crippen molar-refractivity contribution < 1.29 is 39.0 Å². The number of carboxylic acids is 1. The average Bonchev–Trinajstić information content (AvgIpc) is 3.77. The lowest BCUT2D eigenvalue weighted by Gasteiger charge is -2.31. The molecule has 2 aromatic carbocycles. The van der Waals surface area contributed by atoms with Gasteiger partial charge in [0.2, 0.25) is 29.5 Å². The number of aromatic hydroxyl groups is 1. The molecule has 264 valence electrons. The minimum absolute atomic E-state index is 0.0904. The van der Waals surface area contributed by atoms with E-state index < -0.39 is 72.3 Å². The fourth-order valence-corrected chi connectivity index (χ4v) is 6.30. The van der Waals surface area contributed by atoms with E-state index in [4.69, 9.17) is 5.73 Å². The van der Waals surface area contributed by atoms with Crippen LogP contribution in [-0.2, 0) is 41.6 Å². The zero-order chi connectivity index (χ0) is 35.7. The summed E-state index contributed by atoms with van der Waals surface area (Å²) >= 11 is 0. The van der Waals surface area contributed by atoms with Gasteiger partial charge in [-0.25, -0.2) is 4.79 Å². The summed E-state index contributed by atoms with van der Waals surface area (Å²) in [6.45, 7) is 3.64. The van der Waals surface area contributed by atoms with Crippen molar-refractivity contribution in [3.8, 4) is 5.75 Å². The number of carbonyl (C=O) groups excluding carboxylic acids is 5. The first-order valence-corrected chi connectivity index (χ1v) is 16.6. The molecular formula is C35H46N6O8. The number of nitrogens with zero attached hydrogens (tertiary/aromatic N) is 2. The molecule has 0 bridgehead atoms. The molecule has 4 rings (SSSR count). The second kappa shape index (κ2) is 16.9. The number of hydrogen-bond acceptors (Lipinski definition) is 8. The number of likely N-dealkylation sites (tertiary alicyclic amines) is 2. The highest BCUT2D eigenvalue weighted by Crippen LogP contribution is 2.22. The molecule has 0 spiro atoms. The number of carboxylic acid groups (broad SMARTS) is 1. The molecule has 14 heteroatoms. The molecule has 2 saturated heterocycles. The highest BCUT2D eigenvalue weighted by atomic mass is 16.4. The molecule has 5 atom stereocenters. The number of nitrogens with two attached hydrogens (primary N) is 1. The quantitative estimate of drug-likeness (QED) is 0.162. The predicted octanol–water partition coefficient (Wildman–Crippen LogP) is 0.313. The van der Waals surface area contributed by atoms with Gasteiger partial charge in [0.25, 0.3) is 0 Å². The van der Waals surface area contributed by atoms with E-state index in [0.29, 0.717) is 25.7 Å². The summed E-state index contributed by atoms with van der Waals surface area (Å²) in [6, 6.07) is 10.5. The summed E-state index contributed by atoms with van der Waals surface area (Å²) in [5, 5.41) is 27.1. The van der Waals surface area contributed by atoms with Gasteiger partial charge in [0.15, 0.2) is 0 Å². The van der Waals surface area contributed by atoms with Crippen LogP contribution in [-0.4, -0.2) is 105 Å². The van der Waals surface area contributed by atoms with Crippen LogP contribution in [0.25, 0.3) is 0 Å². The largest absolute Gasteiger partial charge is 0.508 e. The lowest BCUT2D eigenvalue weighted by atomic mass is 10.0. The van der Waals surface area contributed by atoms with E-state index in [2.05, 4.69) is 16.0 Å². The molecule has 14 nitrogen and oxygen atoms in total. The van der Waals surface area contributed by atoms with E-state index in [1.54, 1.807) is 50.2 Å². The smallest absolute Gasteiger partial charge is 0.326 e. The fourth-order valence-electron chi connectivity index (χ4n) is 6.30. The Kier molecular flexibility index (Phi) is 12.7. The number of hydrogen-bond donors (Lipinski definition) is 6. The van der Waals surface area contributed by atoms with Crippen LogP contribution >= 0.6 is 0 Å². The topological polar surface area (TPSA) is 211 Å². The molecule has 0 saturated carbocycles. The van der Waals surface area contributed by atoms with Crippen LogP contribution in [0.4, 0.5) is 0 Å². The summed E-state index contributed by atoms with van der Waals surface area (Å²) in [6.07, 6.45) is 2.09. The van der Waals surface area contributed by atoms with E-state index in [0.717, 1.165) is 11.1 Å². The molecule has 2 aliphatic heterocycles. The van der Waals surface area contributed by atoms with Gasteiger partial charge in [0, 0.05) is 19.5 Å². The third-order valence-corrected chi connectivity index (χ3v) is 8.96. The summed E-state index contributed by atoms with van der Waals surface area (Å²) in [4.78, 5) is 81.0. The first-order chi connectivity index (χ1) is 23.3. The van der Waals surface area contributed by atoms with Gasteiger partial charge in [-0.05, 0) is 61.3 Å². The van der Waals surface area contributed by atoms with Crippen LogP contribution < -0.4 is 21.7 Å². The van der Waals surface area contributed by atoms with E-state index in [9.17, 15) is 39.0 Å². The highest BCUT2D eigenvalue weighted by molar-refractivity contribution is 5.96. The third-order valence-electron chi connectivity index (χ3n) is 8.96. The van der Waals surface area contributed by atoms with Crippen molar-refractivity contribution in [3.05, 3.63) is 65.7 Å². The van der Waals surface area contributed by atoms with Crippen molar-refractivity contribution >= 4 is 35.5 Å². The van der Waals surface area contributed by atoms with Crippen molar-refractivity contribution in [1.82, 2.24) is 25.8 Å². The van der Waals surface area contributed by atoms with Crippen molar-refractivity contribution in [2.75, 3.05) is 19.6 Å². The van der Waals surface area contributed by atoms with Gasteiger partial charge in [-0.1, -0.05) is 56.3 Å². The molecule has 2 heterocycles. The summed E-state index contributed by atoms with van der Waals surface area (Å²) in [5.41, 5.74) is 7.64. The molecular weight excluding hydrogens is 632 g/mol. The lowest BCUT2D eigenvalue weighted by molar-refractivity contribution is -0.149. The molecule has 2 aromatic rings.